The van der Waals surface area contributed by atoms with E-state index in [1.807, 2.05) is 29.2 Å². The van der Waals surface area contributed by atoms with Crippen molar-refractivity contribution in [3.63, 3.8) is 0 Å². The highest BCUT2D eigenvalue weighted by molar-refractivity contribution is 6.07. The average Bonchev–Trinajstić information content (AvgIpc) is 3.06. The van der Waals surface area contributed by atoms with Crippen molar-refractivity contribution < 1.29 is 24.5 Å². The van der Waals surface area contributed by atoms with Gasteiger partial charge >= 0.3 is 0 Å². The van der Waals surface area contributed by atoms with Crippen LogP contribution in [0.25, 0.3) is 0 Å². The van der Waals surface area contributed by atoms with Crippen molar-refractivity contribution in [2.75, 3.05) is 30.1 Å². The lowest BCUT2D eigenvalue weighted by Crippen LogP contribution is -2.44. The molecule has 2 amide bonds. The number of rotatable bonds is 8. The second kappa shape index (κ2) is 9.99. The molecule has 4 rings (SSSR count). The second-order valence-electron chi connectivity index (χ2n) is 8.94. The van der Waals surface area contributed by atoms with Gasteiger partial charge in [0.15, 0.2) is 5.60 Å². The number of hydrogen-bond acceptors (Lipinski definition) is 5. The molecule has 2 aromatic carbocycles. The maximum absolute atomic E-state index is 13.7. The number of carbonyl (C=O) groups is 2. The Hall–Kier alpha value is -3.16. The molecule has 2 aromatic rings. The maximum atomic E-state index is 13.7. The first-order valence-corrected chi connectivity index (χ1v) is 11.8. The summed E-state index contributed by atoms with van der Waals surface area (Å²) < 4.78 is 5.36. The number of hydrogen-bond donors (Lipinski definition) is 2. The Kier molecular flexibility index (Phi) is 7.05. The van der Waals surface area contributed by atoms with Crippen molar-refractivity contribution in [2.24, 2.45) is 5.92 Å². The molecule has 2 atom stereocenters. The second-order valence-corrected chi connectivity index (χ2v) is 8.94. The molecule has 0 aliphatic carbocycles. The molecule has 2 aliphatic heterocycles. The van der Waals surface area contributed by atoms with E-state index in [0.29, 0.717) is 36.4 Å². The highest BCUT2D eigenvalue weighted by atomic mass is 16.5. The zero-order valence-corrected chi connectivity index (χ0v) is 19.7. The van der Waals surface area contributed by atoms with Crippen molar-refractivity contribution in [3.05, 3.63) is 65.7 Å². The number of piperidine rings is 1. The smallest absolute Gasteiger partial charge is 0.264 e. The van der Waals surface area contributed by atoms with Crippen molar-refractivity contribution >= 4 is 23.2 Å². The third-order valence-corrected chi connectivity index (χ3v) is 6.74. The van der Waals surface area contributed by atoms with Gasteiger partial charge < -0.3 is 24.7 Å². The molecule has 0 bridgehead atoms. The van der Waals surface area contributed by atoms with E-state index in [4.69, 9.17) is 9.84 Å². The standard InChI is InChI=1S/C27H32N2O5/c1-19(8-4-6-15-30)27(33)23-17-22(34-2)12-13-24(23)29(26(27)32)18-20-9-7-10-21(16-20)28-14-5-3-11-25(28)31/h4,7-10,12-13,16-17,19,30,33H,3,5-6,11,14-15,18H2,1-2H3/b8-4+/t19-,27+/m0/s1. The van der Waals surface area contributed by atoms with Crippen LogP contribution < -0.4 is 14.5 Å². The van der Waals surface area contributed by atoms with E-state index >= 15 is 0 Å². The molecular weight excluding hydrogens is 432 g/mol. The predicted octanol–water partition coefficient (Wildman–Crippen LogP) is 3.52. The van der Waals surface area contributed by atoms with Gasteiger partial charge in [-0.25, -0.2) is 0 Å². The van der Waals surface area contributed by atoms with Crippen LogP contribution in [0.4, 0.5) is 11.4 Å². The van der Waals surface area contributed by atoms with Crippen LogP contribution in [0.1, 0.15) is 43.7 Å². The number of aliphatic hydroxyl groups excluding tert-OH is 1. The summed E-state index contributed by atoms with van der Waals surface area (Å²) in [6.07, 6.45) is 6.44. The first kappa shape index (κ1) is 24.0. The number of methoxy groups -OCH3 is 1. The molecule has 2 aliphatic rings. The fourth-order valence-corrected chi connectivity index (χ4v) is 4.81. The van der Waals surface area contributed by atoms with Gasteiger partial charge in [-0.3, -0.25) is 9.59 Å². The zero-order valence-electron chi connectivity index (χ0n) is 19.7. The van der Waals surface area contributed by atoms with Crippen LogP contribution in [0.5, 0.6) is 5.75 Å². The summed E-state index contributed by atoms with van der Waals surface area (Å²) in [7, 11) is 1.55. The van der Waals surface area contributed by atoms with Crippen LogP contribution in [0.3, 0.4) is 0 Å². The van der Waals surface area contributed by atoms with E-state index in [1.54, 1.807) is 49.3 Å². The van der Waals surface area contributed by atoms with Crippen LogP contribution in [0.2, 0.25) is 0 Å². The van der Waals surface area contributed by atoms with E-state index in [9.17, 15) is 14.7 Å². The first-order valence-electron chi connectivity index (χ1n) is 11.8. The lowest BCUT2D eigenvalue weighted by atomic mass is 9.83. The Morgan fingerprint density at radius 2 is 2.00 bits per heavy atom. The molecule has 0 unspecified atom stereocenters. The number of fused-ring (bicyclic) bond motifs is 1. The van der Waals surface area contributed by atoms with Crippen molar-refractivity contribution in [1.82, 2.24) is 0 Å². The lowest BCUT2D eigenvalue weighted by Gasteiger charge is -2.28. The van der Waals surface area contributed by atoms with Gasteiger partial charge in [-0.15, -0.1) is 0 Å². The molecule has 0 aromatic heterocycles. The third kappa shape index (κ3) is 4.33. The van der Waals surface area contributed by atoms with E-state index in [1.165, 1.54) is 0 Å². The van der Waals surface area contributed by atoms with Gasteiger partial charge in [0.2, 0.25) is 5.91 Å². The van der Waals surface area contributed by atoms with Gasteiger partial charge in [-0.05, 0) is 55.2 Å². The predicted molar refractivity (Wildman–Crippen MR) is 131 cm³/mol. The fourth-order valence-electron chi connectivity index (χ4n) is 4.81. The monoisotopic (exact) mass is 464 g/mol. The Morgan fingerprint density at radius 3 is 2.74 bits per heavy atom. The van der Waals surface area contributed by atoms with Crippen molar-refractivity contribution in [1.29, 1.82) is 0 Å². The fraction of sp³-hybridized carbons (Fsp3) is 0.407. The molecule has 1 fully saturated rings. The van der Waals surface area contributed by atoms with Crippen molar-refractivity contribution in [3.8, 4) is 5.75 Å². The number of carbonyl (C=O) groups excluding carboxylic acids is 2. The summed E-state index contributed by atoms with van der Waals surface area (Å²) in [6, 6.07) is 13.0. The van der Waals surface area contributed by atoms with Crippen LogP contribution in [-0.2, 0) is 21.7 Å². The molecule has 34 heavy (non-hydrogen) atoms. The molecule has 180 valence electrons. The number of benzene rings is 2. The summed E-state index contributed by atoms with van der Waals surface area (Å²) in [6.45, 7) is 2.76. The number of nitrogens with zero attached hydrogens (tertiary/aromatic N) is 2. The van der Waals surface area contributed by atoms with Gasteiger partial charge in [-0.1, -0.05) is 31.2 Å². The first-order chi connectivity index (χ1) is 16.4. The van der Waals surface area contributed by atoms with Crippen molar-refractivity contribution in [2.45, 2.75) is 44.8 Å². The van der Waals surface area contributed by atoms with Crippen LogP contribution in [0.15, 0.2) is 54.6 Å². The summed E-state index contributed by atoms with van der Waals surface area (Å²) in [4.78, 5) is 29.5. The summed E-state index contributed by atoms with van der Waals surface area (Å²) in [5.41, 5.74) is 1.09. The molecule has 1 saturated heterocycles. The van der Waals surface area contributed by atoms with E-state index in [-0.39, 0.29) is 19.1 Å². The topological polar surface area (TPSA) is 90.3 Å². The minimum Gasteiger partial charge on any atom is -0.497 e. The van der Waals surface area contributed by atoms with Crippen LogP contribution >= 0.6 is 0 Å². The maximum Gasteiger partial charge on any atom is 0.264 e. The summed E-state index contributed by atoms with van der Waals surface area (Å²) >= 11 is 0. The van der Waals surface area contributed by atoms with Gasteiger partial charge in [0.25, 0.3) is 5.91 Å². The van der Waals surface area contributed by atoms with Crippen LogP contribution in [0, 0.1) is 5.92 Å². The SMILES string of the molecule is COc1ccc2c(c1)[C@](O)([C@@H](C)/C=C/CCO)C(=O)N2Cc1cccc(N2CCCCC2=O)c1. The molecule has 0 spiro atoms. The minimum atomic E-state index is -1.75. The van der Waals surface area contributed by atoms with E-state index in [2.05, 4.69) is 0 Å². The van der Waals surface area contributed by atoms with E-state index < -0.39 is 17.4 Å². The normalized spacial score (nSPS) is 21.3. The quantitative estimate of drug-likeness (QED) is 0.584. The summed E-state index contributed by atoms with van der Waals surface area (Å²) in [5.74, 6) is -0.240. The van der Waals surface area contributed by atoms with Gasteiger partial charge in [0.1, 0.15) is 5.75 Å². The summed E-state index contributed by atoms with van der Waals surface area (Å²) in [5, 5.41) is 20.8. The van der Waals surface area contributed by atoms with Gasteiger partial charge in [0.05, 0.1) is 19.3 Å². The third-order valence-electron chi connectivity index (χ3n) is 6.74. The Bertz CT molecular complexity index is 1100. The zero-order chi connectivity index (χ0) is 24.3. The molecule has 7 heteroatoms. The highest BCUT2D eigenvalue weighted by Gasteiger charge is 2.52. The highest BCUT2D eigenvalue weighted by Crippen LogP contribution is 2.47. The Balaban J connectivity index is 1.68. The number of amides is 2. The number of aliphatic hydroxyl groups is 2. The lowest BCUT2D eigenvalue weighted by molar-refractivity contribution is -0.139. The largest absolute Gasteiger partial charge is 0.497 e. The molecule has 0 radical (unpaired) electrons. The van der Waals surface area contributed by atoms with E-state index in [0.717, 1.165) is 24.1 Å². The van der Waals surface area contributed by atoms with Crippen LogP contribution in [-0.4, -0.2) is 42.3 Å². The molecule has 2 heterocycles. The molecule has 2 N–H and O–H groups in total. The molecule has 7 nitrogen and oxygen atoms in total. The Morgan fingerprint density at radius 1 is 1.18 bits per heavy atom. The van der Waals surface area contributed by atoms with Gasteiger partial charge in [0, 0.05) is 36.7 Å². The Labute approximate surface area is 200 Å². The van der Waals surface area contributed by atoms with Gasteiger partial charge in [-0.2, -0.15) is 0 Å². The average molecular weight is 465 g/mol. The minimum absolute atomic E-state index is 0.00198. The molecule has 0 saturated carbocycles. The number of anilines is 2. The molecular formula is C27H32N2O5. The number of ether oxygens (including phenoxy) is 1.